The minimum absolute atomic E-state index is 0.124. The van der Waals surface area contributed by atoms with Gasteiger partial charge in [0.15, 0.2) is 6.10 Å². The molecule has 0 radical (unpaired) electrons. The number of aliphatic hydroxyl groups is 1. The number of aromatic nitrogens is 1. The van der Waals surface area contributed by atoms with Crippen LogP contribution < -0.4 is 10.2 Å². The number of cyclic esters (lactones) is 1. The zero-order chi connectivity index (χ0) is 22.0. The minimum Gasteiger partial charge on any atom is -0.442 e. The second-order valence-corrected chi connectivity index (χ2v) is 7.30. The van der Waals surface area contributed by atoms with E-state index in [1.165, 1.54) is 24.1 Å². The monoisotopic (exact) mass is 428 g/mol. The first kappa shape index (κ1) is 20.7. The third kappa shape index (κ3) is 4.48. The fourth-order valence-electron chi connectivity index (χ4n) is 3.40. The molecule has 2 aliphatic heterocycles. The fourth-order valence-corrected chi connectivity index (χ4v) is 3.40. The number of pyridine rings is 1. The number of anilines is 1. The maximum Gasteiger partial charge on any atom is 0.414 e. The number of benzene rings is 1. The Morgan fingerprint density at radius 3 is 2.81 bits per heavy atom. The lowest BCUT2D eigenvalue weighted by Gasteiger charge is -2.14. The maximum absolute atomic E-state index is 14.8. The number of rotatable bonds is 6. The molecule has 0 unspecified atom stereocenters. The molecular formula is C21H21FN4O5. The van der Waals surface area contributed by atoms with Crippen LogP contribution in [0, 0.1) is 5.82 Å². The molecule has 162 valence electrons. The van der Waals surface area contributed by atoms with Gasteiger partial charge in [0.2, 0.25) is 5.91 Å². The van der Waals surface area contributed by atoms with Gasteiger partial charge in [0, 0.05) is 30.7 Å². The molecule has 2 aliphatic rings. The smallest absolute Gasteiger partial charge is 0.414 e. The van der Waals surface area contributed by atoms with E-state index >= 15 is 0 Å². The molecule has 31 heavy (non-hydrogen) atoms. The molecule has 1 saturated heterocycles. The van der Waals surface area contributed by atoms with E-state index in [-0.39, 0.29) is 31.7 Å². The van der Waals surface area contributed by atoms with Crippen molar-refractivity contribution in [2.24, 2.45) is 5.16 Å². The van der Waals surface area contributed by atoms with E-state index < -0.39 is 18.0 Å². The number of hydrogen-bond donors (Lipinski definition) is 2. The Morgan fingerprint density at radius 2 is 2.16 bits per heavy atom. The first-order valence-corrected chi connectivity index (χ1v) is 9.77. The predicted octanol–water partition coefficient (Wildman–Crippen LogP) is 1.83. The Bertz CT molecular complexity index is 1030. The van der Waals surface area contributed by atoms with E-state index in [1.54, 1.807) is 24.3 Å². The number of amides is 2. The summed E-state index contributed by atoms with van der Waals surface area (Å²) in [5, 5.41) is 15.6. The predicted molar refractivity (Wildman–Crippen MR) is 109 cm³/mol. The molecule has 2 N–H and O–H groups in total. The van der Waals surface area contributed by atoms with Gasteiger partial charge >= 0.3 is 6.09 Å². The summed E-state index contributed by atoms with van der Waals surface area (Å²) >= 11 is 0. The molecule has 1 aromatic heterocycles. The first-order chi connectivity index (χ1) is 14.9. The molecule has 3 heterocycles. The minimum atomic E-state index is -0.589. The third-order valence-corrected chi connectivity index (χ3v) is 5.02. The highest BCUT2D eigenvalue weighted by atomic mass is 19.1. The molecule has 0 spiro atoms. The van der Waals surface area contributed by atoms with Crippen molar-refractivity contribution in [2.75, 3.05) is 24.6 Å². The van der Waals surface area contributed by atoms with Gasteiger partial charge in [-0.2, -0.15) is 0 Å². The molecule has 10 heteroatoms. The standard InChI is InChI=1S/C21H21FN4O5/c1-12(28)23-9-16-10-26(21(29)30-16)14-3-4-17(18(22)6-14)13-2-5-19(24-8-13)20-7-15(11-27)31-25-20/h2-6,8,15-16,27H,7,9-11H2,1H3,(H,23,28)/t15-,16-/m0/s1. The summed E-state index contributed by atoms with van der Waals surface area (Å²) in [5.74, 6) is -0.725. The molecule has 1 fully saturated rings. The van der Waals surface area contributed by atoms with E-state index in [4.69, 9.17) is 14.7 Å². The molecule has 1 aromatic carbocycles. The van der Waals surface area contributed by atoms with Crippen LogP contribution in [0.2, 0.25) is 0 Å². The Kier molecular flexibility index (Phi) is 5.81. The van der Waals surface area contributed by atoms with Crippen molar-refractivity contribution in [1.82, 2.24) is 10.3 Å². The van der Waals surface area contributed by atoms with Crippen molar-refractivity contribution >= 4 is 23.4 Å². The van der Waals surface area contributed by atoms with Crippen LogP contribution in [0.3, 0.4) is 0 Å². The summed E-state index contributed by atoms with van der Waals surface area (Å²) in [7, 11) is 0. The quantitative estimate of drug-likeness (QED) is 0.726. The van der Waals surface area contributed by atoms with Crippen LogP contribution in [0.1, 0.15) is 19.0 Å². The van der Waals surface area contributed by atoms with Crippen LogP contribution in [0.5, 0.6) is 0 Å². The number of carbonyl (C=O) groups is 2. The van der Waals surface area contributed by atoms with Gasteiger partial charge in [-0.05, 0) is 24.3 Å². The highest BCUT2D eigenvalue weighted by Crippen LogP contribution is 2.29. The maximum atomic E-state index is 14.8. The van der Waals surface area contributed by atoms with E-state index in [1.807, 2.05) is 0 Å². The van der Waals surface area contributed by atoms with Crippen LogP contribution in [0.15, 0.2) is 41.7 Å². The molecule has 0 saturated carbocycles. The average Bonchev–Trinajstić information content (AvgIpc) is 3.39. The Morgan fingerprint density at radius 1 is 1.32 bits per heavy atom. The number of oxime groups is 1. The molecule has 2 amide bonds. The number of nitrogens with zero attached hydrogens (tertiary/aromatic N) is 3. The Balaban J connectivity index is 1.47. The number of nitrogens with one attached hydrogen (secondary N) is 1. The second-order valence-electron chi connectivity index (χ2n) is 7.30. The first-order valence-electron chi connectivity index (χ1n) is 9.77. The van der Waals surface area contributed by atoms with Crippen molar-refractivity contribution in [2.45, 2.75) is 25.6 Å². The molecule has 2 aromatic rings. The van der Waals surface area contributed by atoms with Crippen molar-refractivity contribution in [3.63, 3.8) is 0 Å². The van der Waals surface area contributed by atoms with E-state index in [0.717, 1.165) is 0 Å². The Labute approximate surface area is 177 Å². The van der Waals surface area contributed by atoms with Gasteiger partial charge in [-0.3, -0.25) is 14.7 Å². The van der Waals surface area contributed by atoms with Crippen LogP contribution in [0.4, 0.5) is 14.9 Å². The number of aliphatic hydroxyl groups excluding tert-OH is 1. The van der Waals surface area contributed by atoms with Gasteiger partial charge in [-0.25, -0.2) is 9.18 Å². The van der Waals surface area contributed by atoms with Gasteiger partial charge in [0.05, 0.1) is 31.1 Å². The van der Waals surface area contributed by atoms with Crippen LogP contribution in [-0.2, 0) is 14.4 Å². The summed E-state index contributed by atoms with van der Waals surface area (Å²) in [4.78, 5) is 33.9. The van der Waals surface area contributed by atoms with Crippen molar-refractivity contribution < 1.29 is 28.7 Å². The van der Waals surface area contributed by atoms with Gasteiger partial charge in [-0.15, -0.1) is 0 Å². The third-order valence-electron chi connectivity index (χ3n) is 5.02. The summed E-state index contributed by atoms with van der Waals surface area (Å²) in [5.41, 5.74) is 2.50. The topological polar surface area (TPSA) is 113 Å². The zero-order valence-electron chi connectivity index (χ0n) is 16.7. The van der Waals surface area contributed by atoms with E-state index in [9.17, 15) is 14.0 Å². The van der Waals surface area contributed by atoms with Gasteiger partial charge in [0.25, 0.3) is 0 Å². The van der Waals surface area contributed by atoms with Crippen molar-refractivity contribution in [3.05, 3.63) is 48.0 Å². The number of halogens is 1. The number of ether oxygens (including phenoxy) is 1. The lowest BCUT2D eigenvalue weighted by Crippen LogP contribution is -2.33. The van der Waals surface area contributed by atoms with Crippen molar-refractivity contribution in [1.29, 1.82) is 0 Å². The Hall–Kier alpha value is -3.53. The second kappa shape index (κ2) is 8.68. The normalized spacial score (nSPS) is 20.3. The largest absolute Gasteiger partial charge is 0.442 e. The van der Waals surface area contributed by atoms with E-state index in [0.29, 0.717) is 34.6 Å². The van der Waals surface area contributed by atoms with Gasteiger partial charge < -0.3 is 20.0 Å². The summed E-state index contributed by atoms with van der Waals surface area (Å²) < 4.78 is 20.0. The number of hydrogen-bond acceptors (Lipinski definition) is 7. The fraction of sp³-hybridized carbons (Fsp3) is 0.333. The van der Waals surface area contributed by atoms with Crippen LogP contribution in [0.25, 0.3) is 11.1 Å². The molecule has 4 rings (SSSR count). The highest BCUT2D eigenvalue weighted by molar-refractivity contribution is 5.99. The van der Waals surface area contributed by atoms with Gasteiger partial charge in [-0.1, -0.05) is 11.2 Å². The highest BCUT2D eigenvalue weighted by Gasteiger charge is 2.32. The summed E-state index contributed by atoms with van der Waals surface area (Å²) in [6.45, 7) is 1.67. The SMILES string of the molecule is CC(=O)NC[C@H]1CN(c2ccc(-c3ccc(C4=NO[C@H](CO)C4)nc3)c(F)c2)C(=O)O1. The zero-order valence-corrected chi connectivity index (χ0v) is 16.7. The lowest BCUT2D eigenvalue weighted by atomic mass is 10.0. The molecule has 0 aliphatic carbocycles. The molecular weight excluding hydrogens is 407 g/mol. The molecule has 0 bridgehead atoms. The van der Waals surface area contributed by atoms with Crippen LogP contribution >= 0.6 is 0 Å². The summed E-state index contributed by atoms with van der Waals surface area (Å²) in [6, 6.07) is 7.92. The van der Waals surface area contributed by atoms with Gasteiger partial charge in [0.1, 0.15) is 17.6 Å². The lowest BCUT2D eigenvalue weighted by molar-refractivity contribution is -0.119. The summed E-state index contributed by atoms with van der Waals surface area (Å²) in [6.07, 6.45) is 0.547. The molecule has 2 atom stereocenters. The van der Waals surface area contributed by atoms with Crippen LogP contribution in [-0.4, -0.2) is 59.7 Å². The number of carbonyl (C=O) groups excluding carboxylic acids is 2. The average molecular weight is 428 g/mol. The molecule has 9 nitrogen and oxygen atoms in total. The van der Waals surface area contributed by atoms with E-state index in [2.05, 4.69) is 15.5 Å². The van der Waals surface area contributed by atoms with Crippen molar-refractivity contribution in [3.8, 4) is 11.1 Å².